The van der Waals surface area contributed by atoms with Crippen LogP contribution in [0.2, 0.25) is 0 Å². The highest BCUT2D eigenvalue weighted by atomic mass is 32.2. The molecule has 1 aliphatic heterocycles. The van der Waals surface area contributed by atoms with E-state index in [9.17, 15) is 27.6 Å². The molecule has 5 rings (SSSR count). The molecular weight excluding hydrogens is 708 g/mol. The fourth-order valence-corrected chi connectivity index (χ4v) is 7.14. The first-order chi connectivity index (χ1) is 25.2. The Morgan fingerprint density at radius 2 is 1.47 bits per heavy atom. The lowest BCUT2D eigenvalue weighted by molar-refractivity contribution is -0.227. The average molecular weight is 751 g/mol. The number of rotatable bonds is 16. The molecule has 0 amide bonds. The van der Waals surface area contributed by atoms with Gasteiger partial charge in [-0.2, -0.15) is 8.42 Å². The highest BCUT2D eigenvalue weighted by molar-refractivity contribution is 7.86. The lowest BCUT2D eigenvalue weighted by Crippen LogP contribution is -2.64. The highest BCUT2D eigenvalue weighted by Crippen LogP contribution is 2.51. The molecule has 53 heavy (non-hydrogen) atoms. The van der Waals surface area contributed by atoms with Gasteiger partial charge >= 0.3 is 17.6 Å². The third-order valence-electron chi connectivity index (χ3n) is 8.87. The first kappa shape index (κ1) is 39.3. The molecule has 15 heteroatoms. The summed E-state index contributed by atoms with van der Waals surface area (Å²) in [5, 5.41) is 0. The molecule has 1 N–H and O–H groups in total. The lowest BCUT2D eigenvalue weighted by atomic mass is 9.78. The second-order valence-corrected chi connectivity index (χ2v) is 14.4. The SMILES string of the molecule is CC(=O)OCCC1(OCc2ccccc2)[C@H](OC(C)=O)[C@H](n2cc(C)c(=O)[nH]c2=O)O[C@@]1(COCc1ccccc1)COS(=O)(=O)c1ccc(C)cc1. The van der Waals surface area contributed by atoms with Crippen molar-refractivity contribution in [1.82, 2.24) is 9.55 Å². The molecule has 0 spiro atoms. The molecule has 3 aromatic carbocycles. The third kappa shape index (κ3) is 9.18. The van der Waals surface area contributed by atoms with Gasteiger partial charge in [-0.3, -0.25) is 28.1 Å². The van der Waals surface area contributed by atoms with Crippen LogP contribution in [0, 0.1) is 13.8 Å². The number of esters is 2. The average Bonchev–Trinajstić information content (AvgIpc) is 3.37. The number of hydrogen-bond donors (Lipinski definition) is 1. The van der Waals surface area contributed by atoms with Gasteiger partial charge < -0.3 is 23.7 Å². The number of aryl methyl sites for hydroxylation is 2. The standard InChI is InChI=1S/C38H42N2O12S/c1-26-15-17-32(18-16-26)53(45,46)50-25-37(24-47-22-30-11-7-5-8-12-30)38(19-20-48-28(3)41,49-23-31-13-9-6-10-14-31)33(51-29(4)42)35(52-37)40-21-27(2)34(43)39-36(40)44/h5-18,21,33,35H,19-20,22-25H2,1-4H3,(H,39,43,44)/t33-,35-,37+,38?/m1/s1. The van der Waals surface area contributed by atoms with E-state index in [1.165, 1.54) is 32.2 Å². The fraction of sp³-hybridized carbons (Fsp3) is 0.368. The van der Waals surface area contributed by atoms with Crippen LogP contribution in [0.3, 0.4) is 0 Å². The van der Waals surface area contributed by atoms with E-state index in [0.29, 0.717) is 5.56 Å². The number of carbonyl (C=O) groups excluding carboxylic acids is 2. The van der Waals surface area contributed by atoms with Gasteiger partial charge in [-0.15, -0.1) is 0 Å². The Bertz CT molecular complexity index is 2100. The summed E-state index contributed by atoms with van der Waals surface area (Å²) in [5.41, 5.74) is -3.13. The van der Waals surface area contributed by atoms with Crippen molar-refractivity contribution in [3.8, 4) is 0 Å². The van der Waals surface area contributed by atoms with Crippen LogP contribution in [0.25, 0.3) is 0 Å². The predicted octanol–water partition coefficient (Wildman–Crippen LogP) is 3.88. The van der Waals surface area contributed by atoms with Gasteiger partial charge in [0, 0.05) is 32.0 Å². The molecule has 282 valence electrons. The number of carbonyl (C=O) groups is 2. The maximum Gasteiger partial charge on any atom is 0.330 e. The van der Waals surface area contributed by atoms with Gasteiger partial charge in [-0.1, -0.05) is 78.4 Å². The van der Waals surface area contributed by atoms with Gasteiger partial charge in [0.1, 0.15) is 12.2 Å². The summed E-state index contributed by atoms with van der Waals surface area (Å²) < 4.78 is 65.5. The van der Waals surface area contributed by atoms with Crippen LogP contribution < -0.4 is 11.2 Å². The number of benzene rings is 3. The van der Waals surface area contributed by atoms with Gasteiger partial charge in [0.15, 0.2) is 17.9 Å². The summed E-state index contributed by atoms with van der Waals surface area (Å²) in [6.07, 6.45) is -2.09. The van der Waals surface area contributed by atoms with Crippen molar-refractivity contribution in [2.24, 2.45) is 0 Å². The largest absolute Gasteiger partial charge is 0.466 e. The maximum atomic E-state index is 13.8. The lowest BCUT2D eigenvalue weighted by Gasteiger charge is -2.45. The van der Waals surface area contributed by atoms with E-state index in [0.717, 1.165) is 22.6 Å². The summed E-state index contributed by atoms with van der Waals surface area (Å²) in [6, 6.07) is 24.1. The van der Waals surface area contributed by atoms with Crippen molar-refractivity contribution in [1.29, 1.82) is 0 Å². The number of aromatic amines is 1. The minimum Gasteiger partial charge on any atom is -0.466 e. The molecule has 1 fully saturated rings. The van der Waals surface area contributed by atoms with Gasteiger partial charge in [-0.05, 0) is 37.1 Å². The predicted molar refractivity (Wildman–Crippen MR) is 190 cm³/mol. The third-order valence-corrected chi connectivity index (χ3v) is 10.1. The van der Waals surface area contributed by atoms with Crippen molar-refractivity contribution in [2.75, 3.05) is 19.8 Å². The number of H-pyrrole nitrogens is 1. The van der Waals surface area contributed by atoms with E-state index in [4.69, 9.17) is 27.9 Å². The van der Waals surface area contributed by atoms with Crippen molar-refractivity contribution in [2.45, 2.75) is 75.8 Å². The first-order valence-corrected chi connectivity index (χ1v) is 18.2. The molecule has 4 aromatic rings. The molecule has 0 saturated carbocycles. The molecule has 1 aliphatic rings. The van der Waals surface area contributed by atoms with Crippen molar-refractivity contribution in [3.05, 3.63) is 134 Å². The van der Waals surface area contributed by atoms with Crippen LogP contribution in [0.15, 0.2) is 106 Å². The van der Waals surface area contributed by atoms with Crippen LogP contribution in [-0.4, -0.2) is 67.0 Å². The zero-order valence-electron chi connectivity index (χ0n) is 29.8. The molecule has 0 radical (unpaired) electrons. The summed E-state index contributed by atoms with van der Waals surface area (Å²) in [6.45, 7) is 3.99. The zero-order valence-corrected chi connectivity index (χ0v) is 30.6. The Labute approximate surface area is 306 Å². The van der Waals surface area contributed by atoms with Crippen molar-refractivity contribution in [3.63, 3.8) is 0 Å². The van der Waals surface area contributed by atoms with Crippen LogP contribution in [-0.2, 0) is 60.8 Å². The van der Waals surface area contributed by atoms with E-state index in [1.54, 1.807) is 43.3 Å². The second kappa shape index (κ2) is 16.8. The smallest absolute Gasteiger partial charge is 0.330 e. The van der Waals surface area contributed by atoms with Gasteiger partial charge in [0.2, 0.25) is 0 Å². The van der Waals surface area contributed by atoms with Crippen molar-refractivity contribution >= 4 is 22.1 Å². The first-order valence-electron chi connectivity index (χ1n) is 16.8. The summed E-state index contributed by atoms with van der Waals surface area (Å²) in [5.74, 6) is -1.42. The quantitative estimate of drug-likeness (QED) is 0.129. The topological polar surface area (TPSA) is 179 Å². The van der Waals surface area contributed by atoms with E-state index in [1.807, 2.05) is 36.4 Å². The summed E-state index contributed by atoms with van der Waals surface area (Å²) in [4.78, 5) is 53.1. The molecule has 14 nitrogen and oxygen atoms in total. The number of aromatic nitrogens is 2. The summed E-state index contributed by atoms with van der Waals surface area (Å²) >= 11 is 0. The highest BCUT2D eigenvalue weighted by Gasteiger charge is 2.70. The Morgan fingerprint density at radius 3 is 2.08 bits per heavy atom. The Kier molecular flexibility index (Phi) is 12.5. The van der Waals surface area contributed by atoms with Crippen LogP contribution in [0.1, 0.15) is 48.8 Å². The van der Waals surface area contributed by atoms with Crippen molar-refractivity contribution < 1.29 is 45.9 Å². The van der Waals surface area contributed by atoms with E-state index >= 15 is 0 Å². The molecule has 0 aliphatic carbocycles. The Balaban J connectivity index is 1.73. The molecule has 1 aromatic heterocycles. The minimum atomic E-state index is -4.47. The maximum absolute atomic E-state index is 13.8. The molecule has 1 unspecified atom stereocenters. The Morgan fingerprint density at radius 1 is 0.849 bits per heavy atom. The molecule has 2 heterocycles. The number of ether oxygens (including phenoxy) is 5. The van der Waals surface area contributed by atoms with E-state index < -0.39 is 70.1 Å². The molecule has 1 saturated heterocycles. The summed E-state index contributed by atoms with van der Waals surface area (Å²) in [7, 11) is -4.47. The molecule has 4 atom stereocenters. The Hall–Kier alpha value is -4.93. The number of nitrogens with one attached hydrogen (secondary N) is 1. The van der Waals surface area contributed by atoms with Gasteiger partial charge in [0.25, 0.3) is 15.7 Å². The van der Waals surface area contributed by atoms with Crippen LogP contribution >= 0.6 is 0 Å². The van der Waals surface area contributed by atoms with Crippen LogP contribution in [0.5, 0.6) is 0 Å². The van der Waals surface area contributed by atoms with Gasteiger partial charge in [0.05, 0.1) is 31.3 Å². The monoisotopic (exact) mass is 750 g/mol. The zero-order chi connectivity index (χ0) is 38.2. The minimum absolute atomic E-state index is 0.0238. The number of hydrogen-bond acceptors (Lipinski definition) is 12. The normalized spacial score (nSPS) is 21.3. The van der Waals surface area contributed by atoms with E-state index in [-0.39, 0.29) is 36.7 Å². The van der Waals surface area contributed by atoms with Crippen LogP contribution in [0.4, 0.5) is 0 Å². The molecule has 0 bridgehead atoms. The number of nitrogens with zero attached hydrogens (tertiary/aromatic N) is 1. The fourth-order valence-electron chi connectivity index (χ4n) is 6.19. The van der Waals surface area contributed by atoms with E-state index in [2.05, 4.69) is 4.98 Å². The second-order valence-electron chi connectivity index (χ2n) is 12.8. The molecular formula is C38H42N2O12S. The van der Waals surface area contributed by atoms with Gasteiger partial charge in [-0.25, -0.2) is 4.79 Å².